The van der Waals surface area contributed by atoms with Gasteiger partial charge < -0.3 is 5.32 Å². The summed E-state index contributed by atoms with van der Waals surface area (Å²) in [4.78, 5) is 0. The van der Waals surface area contributed by atoms with Crippen LogP contribution in [0.25, 0.3) is 0 Å². The Morgan fingerprint density at radius 3 is 2.88 bits per heavy atom. The van der Waals surface area contributed by atoms with Crippen LogP contribution in [-0.2, 0) is 5.41 Å². The molecule has 1 aromatic rings. The minimum absolute atomic E-state index is 0.312. The van der Waals surface area contributed by atoms with Gasteiger partial charge >= 0.3 is 0 Å². The van der Waals surface area contributed by atoms with Crippen LogP contribution in [0.2, 0.25) is 10.0 Å². The first-order chi connectivity index (χ1) is 8.22. The van der Waals surface area contributed by atoms with Gasteiger partial charge in [0.05, 0.1) is 10.0 Å². The van der Waals surface area contributed by atoms with Crippen molar-refractivity contribution in [1.29, 1.82) is 0 Å². The third-order valence-corrected chi connectivity index (χ3v) is 5.27. The van der Waals surface area contributed by atoms with Crippen LogP contribution in [0.5, 0.6) is 0 Å². The van der Waals surface area contributed by atoms with Gasteiger partial charge in [0.1, 0.15) is 0 Å². The summed E-state index contributed by atoms with van der Waals surface area (Å²) in [6.07, 6.45) is 5.32. The van der Waals surface area contributed by atoms with Crippen molar-refractivity contribution in [3.8, 4) is 0 Å². The summed E-state index contributed by atoms with van der Waals surface area (Å²) >= 11 is 12.2. The molecule has 0 amide bonds. The van der Waals surface area contributed by atoms with E-state index in [9.17, 15) is 0 Å². The van der Waals surface area contributed by atoms with Crippen molar-refractivity contribution in [1.82, 2.24) is 5.32 Å². The molecule has 17 heavy (non-hydrogen) atoms. The first kappa shape index (κ1) is 11.8. The van der Waals surface area contributed by atoms with E-state index >= 15 is 0 Å². The second kappa shape index (κ2) is 4.46. The van der Waals surface area contributed by atoms with Gasteiger partial charge in [-0.2, -0.15) is 0 Å². The van der Waals surface area contributed by atoms with Crippen molar-refractivity contribution in [2.24, 2.45) is 5.92 Å². The highest BCUT2D eigenvalue weighted by atomic mass is 35.5. The monoisotopic (exact) mass is 269 g/mol. The molecule has 2 fully saturated rings. The molecule has 1 saturated carbocycles. The molecule has 92 valence electrons. The van der Waals surface area contributed by atoms with Gasteiger partial charge in [-0.15, -0.1) is 0 Å². The van der Waals surface area contributed by atoms with Crippen LogP contribution in [-0.4, -0.2) is 13.1 Å². The first-order valence-corrected chi connectivity index (χ1v) is 7.14. The van der Waals surface area contributed by atoms with Crippen molar-refractivity contribution in [3.05, 3.63) is 33.8 Å². The van der Waals surface area contributed by atoms with Crippen LogP contribution in [0.15, 0.2) is 18.2 Å². The SMILES string of the molecule is Clc1ccc([C@]23CCCC[C@@H]2CNC3)cc1Cl. The molecule has 1 nitrogen and oxygen atoms in total. The molecule has 3 rings (SSSR count). The summed E-state index contributed by atoms with van der Waals surface area (Å²) in [6, 6.07) is 6.19. The molecule has 3 heteroatoms. The highest BCUT2D eigenvalue weighted by Gasteiger charge is 2.45. The van der Waals surface area contributed by atoms with Crippen LogP contribution < -0.4 is 5.32 Å². The maximum absolute atomic E-state index is 6.17. The zero-order valence-electron chi connectivity index (χ0n) is 9.81. The van der Waals surface area contributed by atoms with E-state index < -0.39 is 0 Å². The summed E-state index contributed by atoms with van der Waals surface area (Å²) in [5, 5.41) is 4.91. The number of benzene rings is 1. The molecule has 1 aliphatic carbocycles. The van der Waals surface area contributed by atoms with Gasteiger partial charge in [-0.1, -0.05) is 42.1 Å². The Kier molecular flexibility index (Phi) is 3.10. The zero-order valence-corrected chi connectivity index (χ0v) is 11.3. The smallest absolute Gasteiger partial charge is 0.0595 e. The lowest BCUT2D eigenvalue weighted by Gasteiger charge is -2.39. The predicted molar refractivity (Wildman–Crippen MR) is 73.0 cm³/mol. The Bertz CT molecular complexity index is 432. The van der Waals surface area contributed by atoms with Crippen molar-refractivity contribution in [2.45, 2.75) is 31.1 Å². The highest BCUT2D eigenvalue weighted by Crippen LogP contribution is 2.46. The second-order valence-corrected chi connectivity index (χ2v) is 6.17. The van der Waals surface area contributed by atoms with Crippen LogP contribution in [0.1, 0.15) is 31.2 Å². The maximum Gasteiger partial charge on any atom is 0.0595 e. The van der Waals surface area contributed by atoms with E-state index in [1.807, 2.05) is 6.07 Å². The maximum atomic E-state index is 6.17. The van der Waals surface area contributed by atoms with E-state index in [-0.39, 0.29) is 0 Å². The molecule has 1 heterocycles. The number of halogens is 2. The van der Waals surface area contributed by atoms with Gasteiger partial charge in [0.2, 0.25) is 0 Å². The Morgan fingerprint density at radius 2 is 2.06 bits per heavy atom. The van der Waals surface area contributed by atoms with E-state index in [0.717, 1.165) is 19.0 Å². The first-order valence-electron chi connectivity index (χ1n) is 6.39. The number of hydrogen-bond donors (Lipinski definition) is 1. The Hall–Kier alpha value is -0.240. The van der Waals surface area contributed by atoms with Crippen molar-refractivity contribution >= 4 is 23.2 Å². The second-order valence-electron chi connectivity index (χ2n) is 5.36. The number of rotatable bonds is 1. The molecule has 1 aromatic carbocycles. The van der Waals surface area contributed by atoms with Gasteiger partial charge in [0.15, 0.2) is 0 Å². The Morgan fingerprint density at radius 1 is 1.18 bits per heavy atom. The van der Waals surface area contributed by atoms with E-state index in [1.165, 1.54) is 31.2 Å². The topological polar surface area (TPSA) is 12.0 Å². The summed E-state index contributed by atoms with van der Waals surface area (Å²) in [6.45, 7) is 2.25. The molecule has 1 saturated heterocycles. The van der Waals surface area contributed by atoms with Gasteiger partial charge in [-0.25, -0.2) is 0 Å². The van der Waals surface area contributed by atoms with Crippen LogP contribution in [0.4, 0.5) is 0 Å². The lowest BCUT2D eigenvalue weighted by molar-refractivity contribution is 0.243. The van der Waals surface area contributed by atoms with Gasteiger partial charge in [0, 0.05) is 12.0 Å². The minimum atomic E-state index is 0.312. The largest absolute Gasteiger partial charge is 0.316 e. The minimum Gasteiger partial charge on any atom is -0.316 e. The van der Waals surface area contributed by atoms with E-state index in [1.54, 1.807) is 0 Å². The molecule has 0 unspecified atom stereocenters. The third-order valence-electron chi connectivity index (χ3n) is 4.53. The molecule has 0 aromatic heterocycles. The average Bonchev–Trinajstić information content (AvgIpc) is 2.77. The average molecular weight is 270 g/mol. The standard InChI is InChI=1S/C14H17Cl2N/c15-12-5-4-10(7-13(12)16)14-6-2-1-3-11(14)8-17-9-14/h4-5,7,11,17H,1-3,6,8-9H2/t11-,14-/m1/s1. The molecular weight excluding hydrogens is 253 g/mol. The fourth-order valence-corrected chi connectivity index (χ4v) is 3.90. The van der Waals surface area contributed by atoms with Crippen molar-refractivity contribution < 1.29 is 0 Å². The van der Waals surface area contributed by atoms with E-state index in [0.29, 0.717) is 15.5 Å². The van der Waals surface area contributed by atoms with E-state index in [4.69, 9.17) is 23.2 Å². The van der Waals surface area contributed by atoms with Crippen molar-refractivity contribution in [2.75, 3.05) is 13.1 Å². The number of hydrogen-bond acceptors (Lipinski definition) is 1. The molecular formula is C14H17Cl2N. The summed E-state index contributed by atoms with van der Waals surface area (Å²) in [7, 11) is 0. The summed E-state index contributed by atoms with van der Waals surface area (Å²) < 4.78 is 0. The highest BCUT2D eigenvalue weighted by molar-refractivity contribution is 6.42. The normalized spacial score (nSPS) is 32.5. The molecule has 1 aliphatic heterocycles. The Labute approximate surface area is 112 Å². The van der Waals surface area contributed by atoms with Crippen LogP contribution in [0.3, 0.4) is 0 Å². The zero-order chi connectivity index (χ0) is 11.9. The van der Waals surface area contributed by atoms with Crippen LogP contribution >= 0.6 is 23.2 Å². The molecule has 0 spiro atoms. The van der Waals surface area contributed by atoms with Crippen LogP contribution in [0, 0.1) is 5.92 Å². The quantitative estimate of drug-likeness (QED) is 0.812. The lowest BCUT2D eigenvalue weighted by Crippen LogP contribution is -2.37. The Balaban J connectivity index is 2.02. The van der Waals surface area contributed by atoms with Crippen molar-refractivity contribution in [3.63, 3.8) is 0 Å². The molecule has 1 N–H and O–H groups in total. The number of nitrogens with one attached hydrogen (secondary N) is 1. The summed E-state index contributed by atoms with van der Waals surface area (Å²) in [5.74, 6) is 0.772. The summed E-state index contributed by atoms with van der Waals surface area (Å²) in [5.41, 5.74) is 1.69. The molecule has 2 atom stereocenters. The van der Waals surface area contributed by atoms with E-state index in [2.05, 4.69) is 17.4 Å². The fraction of sp³-hybridized carbons (Fsp3) is 0.571. The van der Waals surface area contributed by atoms with Gasteiger partial charge in [0.25, 0.3) is 0 Å². The number of fused-ring (bicyclic) bond motifs is 1. The third kappa shape index (κ3) is 1.89. The molecule has 0 radical (unpaired) electrons. The fourth-order valence-electron chi connectivity index (χ4n) is 3.60. The predicted octanol–water partition coefficient (Wildman–Crippen LogP) is 4.02. The molecule has 2 aliphatic rings. The lowest BCUT2D eigenvalue weighted by atomic mass is 9.64. The van der Waals surface area contributed by atoms with Gasteiger partial charge in [-0.05, 0) is 43.0 Å². The molecule has 0 bridgehead atoms. The van der Waals surface area contributed by atoms with Gasteiger partial charge in [-0.3, -0.25) is 0 Å².